The van der Waals surface area contributed by atoms with E-state index in [1.165, 1.54) is 33.0 Å². The second kappa shape index (κ2) is 8.08. The van der Waals surface area contributed by atoms with Crippen molar-refractivity contribution in [3.05, 3.63) is 70.9 Å². The first kappa shape index (κ1) is 19.2. The Hall–Kier alpha value is -4.14. The monoisotopic (exact) mass is 405 g/mol. The first-order valence-electron chi connectivity index (χ1n) is 9.02. The Bertz CT molecular complexity index is 1280. The average Bonchev–Trinajstić information content (AvgIpc) is 3.23. The van der Waals surface area contributed by atoms with E-state index in [0.29, 0.717) is 33.8 Å². The van der Waals surface area contributed by atoms with Gasteiger partial charge in [0.05, 0.1) is 39.4 Å². The number of benzene rings is 2. The van der Waals surface area contributed by atoms with Crippen molar-refractivity contribution in [1.82, 2.24) is 19.4 Å². The number of methoxy groups -OCH3 is 3. The maximum Gasteiger partial charge on any atom is 0.285 e. The summed E-state index contributed by atoms with van der Waals surface area (Å²) in [5.74, 6) is 1.41. The van der Waals surface area contributed by atoms with Gasteiger partial charge in [-0.15, -0.1) is 0 Å². The van der Waals surface area contributed by atoms with Gasteiger partial charge in [-0.05, 0) is 24.3 Å². The van der Waals surface area contributed by atoms with Crippen LogP contribution in [0.2, 0.25) is 0 Å². The predicted molar refractivity (Wildman–Crippen MR) is 112 cm³/mol. The number of hydrogen-bond donors (Lipinski definition) is 0. The molecule has 0 N–H and O–H groups in total. The van der Waals surface area contributed by atoms with E-state index in [4.69, 9.17) is 14.2 Å². The van der Waals surface area contributed by atoms with E-state index in [0.717, 1.165) is 10.4 Å². The van der Waals surface area contributed by atoms with Gasteiger partial charge in [-0.3, -0.25) is 4.79 Å². The van der Waals surface area contributed by atoms with Gasteiger partial charge in [-0.2, -0.15) is 14.9 Å². The summed E-state index contributed by atoms with van der Waals surface area (Å²) in [5, 5.41) is 8.90. The highest BCUT2D eigenvalue weighted by molar-refractivity contribution is 5.86. The minimum atomic E-state index is -0.335. The van der Waals surface area contributed by atoms with Crippen LogP contribution in [-0.4, -0.2) is 47.0 Å². The molecule has 9 heteroatoms. The quantitative estimate of drug-likeness (QED) is 0.458. The lowest BCUT2D eigenvalue weighted by molar-refractivity contribution is 0.324. The summed E-state index contributed by atoms with van der Waals surface area (Å²) in [4.78, 5) is 17.2. The summed E-state index contributed by atoms with van der Waals surface area (Å²) >= 11 is 0. The van der Waals surface area contributed by atoms with Crippen molar-refractivity contribution in [3.63, 3.8) is 0 Å². The molecule has 0 spiro atoms. The molecular weight excluding hydrogens is 386 g/mol. The molecule has 2 aromatic heterocycles. The van der Waals surface area contributed by atoms with Crippen molar-refractivity contribution < 1.29 is 14.2 Å². The highest BCUT2D eigenvalue weighted by Crippen LogP contribution is 2.38. The minimum absolute atomic E-state index is 0.335. The maximum absolute atomic E-state index is 12.9. The third-order valence-corrected chi connectivity index (χ3v) is 4.53. The van der Waals surface area contributed by atoms with E-state index >= 15 is 0 Å². The molecule has 0 aliphatic rings. The number of nitrogens with zero attached hydrogens (tertiary/aromatic N) is 5. The van der Waals surface area contributed by atoms with Crippen LogP contribution < -0.4 is 19.8 Å². The molecule has 0 saturated carbocycles. The fourth-order valence-corrected chi connectivity index (χ4v) is 3.09. The smallest absolute Gasteiger partial charge is 0.285 e. The number of para-hydroxylation sites is 1. The van der Waals surface area contributed by atoms with Crippen molar-refractivity contribution in [3.8, 4) is 22.9 Å². The zero-order chi connectivity index (χ0) is 21.1. The molecule has 30 heavy (non-hydrogen) atoms. The molecule has 0 radical (unpaired) electrons. The van der Waals surface area contributed by atoms with Crippen molar-refractivity contribution in [2.75, 3.05) is 21.3 Å². The van der Waals surface area contributed by atoms with Crippen LogP contribution in [0.1, 0.15) is 5.56 Å². The molecular formula is C21H19N5O4. The van der Waals surface area contributed by atoms with Crippen molar-refractivity contribution in [1.29, 1.82) is 0 Å². The van der Waals surface area contributed by atoms with Crippen LogP contribution in [0.4, 0.5) is 0 Å². The second-order valence-electron chi connectivity index (χ2n) is 6.19. The zero-order valence-electron chi connectivity index (χ0n) is 16.6. The van der Waals surface area contributed by atoms with E-state index in [1.54, 1.807) is 23.9 Å². The summed E-state index contributed by atoms with van der Waals surface area (Å²) < 4.78 is 18.9. The van der Waals surface area contributed by atoms with Gasteiger partial charge in [0.1, 0.15) is 11.7 Å². The molecule has 2 aromatic carbocycles. The topological polar surface area (TPSA) is 92.8 Å². The van der Waals surface area contributed by atoms with E-state index in [2.05, 4.69) is 15.2 Å². The average molecular weight is 405 g/mol. The minimum Gasteiger partial charge on any atom is -0.493 e. The number of aromatic nitrogens is 4. The lowest BCUT2D eigenvalue weighted by atomic mass is 10.2. The van der Waals surface area contributed by atoms with Gasteiger partial charge in [0, 0.05) is 5.56 Å². The molecule has 0 fully saturated rings. The number of fused-ring (bicyclic) bond motifs is 1. The van der Waals surface area contributed by atoms with Gasteiger partial charge < -0.3 is 14.2 Å². The summed E-state index contributed by atoms with van der Waals surface area (Å²) in [6.07, 6.45) is 4.34. The normalized spacial score (nSPS) is 11.2. The van der Waals surface area contributed by atoms with Crippen LogP contribution in [-0.2, 0) is 0 Å². The Morgan fingerprint density at radius 2 is 1.73 bits per heavy atom. The van der Waals surface area contributed by atoms with E-state index < -0.39 is 0 Å². The Labute approximate surface area is 171 Å². The van der Waals surface area contributed by atoms with E-state index in [1.807, 2.05) is 30.3 Å². The Balaban J connectivity index is 1.74. The second-order valence-corrected chi connectivity index (χ2v) is 6.19. The number of hydrogen-bond acceptors (Lipinski definition) is 7. The molecule has 0 saturated heterocycles. The van der Waals surface area contributed by atoms with Crippen molar-refractivity contribution >= 4 is 17.2 Å². The van der Waals surface area contributed by atoms with Crippen LogP contribution >= 0.6 is 0 Å². The predicted octanol–water partition coefficient (Wildman–Crippen LogP) is 2.49. The molecule has 2 heterocycles. The molecule has 4 rings (SSSR count). The van der Waals surface area contributed by atoms with Crippen molar-refractivity contribution in [2.45, 2.75) is 0 Å². The van der Waals surface area contributed by atoms with E-state index in [-0.39, 0.29) is 5.56 Å². The van der Waals surface area contributed by atoms with Crippen LogP contribution in [0.5, 0.6) is 17.2 Å². The molecule has 152 valence electrons. The molecule has 0 bridgehead atoms. The van der Waals surface area contributed by atoms with Gasteiger partial charge >= 0.3 is 0 Å². The van der Waals surface area contributed by atoms with Gasteiger partial charge in [-0.25, -0.2) is 9.67 Å². The highest BCUT2D eigenvalue weighted by atomic mass is 16.5. The first-order valence-corrected chi connectivity index (χ1v) is 9.02. The Morgan fingerprint density at radius 3 is 2.43 bits per heavy atom. The van der Waals surface area contributed by atoms with Crippen molar-refractivity contribution in [2.24, 2.45) is 5.10 Å². The largest absolute Gasteiger partial charge is 0.493 e. The van der Waals surface area contributed by atoms with Gasteiger partial charge in [0.15, 0.2) is 17.1 Å². The number of rotatable bonds is 6. The van der Waals surface area contributed by atoms with Crippen LogP contribution in [0.3, 0.4) is 0 Å². The molecule has 0 aliphatic heterocycles. The van der Waals surface area contributed by atoms with Gasteiger partial charge in [0.25, 0.3) is 5.56 Å². The van der Waals surface area contributed by atoms with Gasteiger partial charge in [0.2, 0.25) is 5.75 Å². The SMILES string of the molecule is COc1ccc(/C=N\n2cnc3c(cnn3-c3ccccc3)c2=O)c(OC)c1OC. The molecule has 4 aromatic rings. The first-order chi connectivity index (χ1) is 14.7. The summed E-state index contributed by atoms with van der Waals surface area (Å²) in [6.45, 7) is 0. The molecule has 0 amide bonds. The zero-order valence-corrected chi connectivity index (χ0v) is 16.6. The summed E-state index contributed by atoms with van der Waals surface area (Å²) in [7, 11) is 4.58. The molecule has 9 nitrogen and oxygen atoms in total. The van der Waals surface area contributed by atoms with Crippen LogP contribution in [0.15, 0.2) is 64.9 Å². The highest BCUT2D eigenvalue weighted by Gasteiger charge is 2.15. The lowest BCUT2D eigenvalue weighted by Gasteiger charge is -2.13. The van der Waals surface area contributed by atoms with Gasteiger partial charge in [-0.1, -0.05) is 18.2 Å². The Morgan fingerprint density at radius 1 is 0.967 bits per heavy atom. The van der Waals surface area contributed by atoms with Crippen LogP contribution in [0.25, 0.3) is 16.7 Å². The lowest BCUT2D eigenvalue weighted by Crippen LogP contribution is -2.17. The molecule has 0 unspecified atom stereocenters. The van der Waals surface area contributed by atoms with E-state index in [9.17, 15) is 4.79 Å². The Kier molecular flexibility index (Phi) is 5.17. The number of ether oxygens (including phenoxy) is 3. The fraction of sp³-hybridized carbons (Fsp3) is 0.143. The third kappa shape index (κ3) is 3.26. The summed E-state index contributed by atoms with van der Waals surface area (Å²) in [5.41, 5.74) is 1.55. The standard InChI is InChI=1S/C21H19N5O4/c1-28-17-10-9-14(18(29-2)19(17)30-3)11-23-25-13-22-20-16(21(25)27)12-24-26(20)15-7-5-4-6-8-15/h4-13H,1-3H3/b23-11-. The molecule has 0 aliphatic carbocycles. The fourth-order valence-electron chi connectivity index (χ4n) is 3.09. The van der Waals surface area contributed by atoms with Crippen LogP contribution in [0, 0.1) is 0 Å². The summed E-state index contributed by atoms with van der Waals surface area (Å²) in [6, 6.07) is 13.0. The molecule has 0 atom stereocenters. The maximum atomic E-state index is 12.9. The third-order valence-electron chi connectivity index (χ3n) is 4.53.